The molecule has 0 saturated carbocycles. The molecule has 29 heavy (non-hydrogen) atoms. The standard InChI is InChI=1S/C19H19N5O5/c1-3-27-16-8-12(4-6-14(16)26-2)19-21-23-24(22-19)10-18(25)20-13-5-7-15-17(9-13)29-11-28-15/h4-9H,3,10-11H2,1-2H3,(H,20,25). The summed E-state index contributed by atoms with van der Waals surface area (Å²) in [4.78, 5) is 13.5. The Balaban J connectivity index is 1.44. The topological polar surface area (TPSA) is 110 Å². The molecule has 1 aromatic heterocycles. The normalized spacial score (nSPS) is 11.9. The van der Waals surface area contributed by atoms with Gasteiger partial charge in [-0.1, -0.05) is 0 Å². The number of hydrogen-bond donors (Lipinski definition) is 1. The van der Waals surface area contributed by atoms with Gasteiger partial charge in [-0.15, -0.1) is 10.2 Å². The molecular formula is C19H19N5O5. The molecule has 1 aliphatic rings. The molecule has 4 rings (SSSR count). The van der Waals surface area contributed by atoms with Gasteiger partial charge in [-0.05, 0) is 42.5 Å². The van der Waals surface area contributed by atoms with Crippen LogP contribution in [0.3, 0.4) is 0 Å². The third kappa shape index (κ3) is 4.05. The lowest BCUT2D eigenvalue weighted by Crippen LogP contribution is -2.20. The van der Waals surface area contributed by atoms with Crippen LogP contribution in [0.4, 0.5) is 5.69 Å². The molecule has 0 spiro atoms. The van der Waals surface area contributed by atoms with Crippen LogP contribution in [0, 0.1) is 0 Å². The predicted octanol–water partition coefficient (Wildman–Crippen LogP) is 2.11. The van der Waals surface area contributed by atoms with E-state index in [2.05, 4.69) is 20.7 Å². The van der Waals surface area contributed by atoms with E-state index in [1.807, 2.05) is 6.92 Å². The van der Waals surface area contributed by atoms with E-state index < -0.39 is 0 Å². The maximum atomic E-state index is 12.3. The number of tetrazole rings is 1. The first-order valence-corrected chi connectivity index (χ1v) is 8.95. The number of fused-ring (bicyclic) bond motifs is 1. The Labute approximate surface area is 166 Å². The van der Waals surface area contributed by atoms with Crippen molar-refractivity contribution >= 4 is 11.6 Å². The van der Waals surface area contributed by atoms with Gasteiger partial charge in [0.05, 0.1) is 13.7 Å². The van der Waals surface area contributed by atoms with Gasteiger partial charge in [0.1, 0.15) is 6.54 Å². The van der Waals surface area contributed by atoms with Gasteiger partial charge < -0.3 is 24.3 Å². The van der Waals surface area contributed by atoms with Crippen LogP contribution >= 0.6 is 0 Å². The molecule has 0 unspecified atom stereocenters. The van der Waals surface area contributed by atoms with Gasteiger partial charge in [-0.25, -0.2) is 0 Å². The highest BCUT2D eigenvalue weighted by atomic mass is 16.7. The monoisotopic (exact) mass is 397 g/mol. The van der Waals surface area contributed by atoms with Gasteiger partial charge in [-0.2, -0.15) is 4.80 Å². The summed E-state index contributed by atoms with van der Waals surface area (Å²) in [5.74, 6) is 2.53. The lowest BCUT2D eigenvalue weighted by Gasteiger charge is -2.09. The van der Waals surface area contributed by atoms with Crippen LogP contribution in [0.2, 0.25) is 0 Å². The first kappa shape index (κ1) is 18.5. The minimum absolute atomic E-state index is 0.0874. The Hall–Kier alpha value is -3.82. The van der Waals surface area contributed by atoms with Gasteiger partial charge in [-0.3, -0.25) is 4.79 Å². The number of anilines is 1. The van der Waals surface area contributed by atoms with E-state index in [-0.39, 0.29) is 19.2 Å². The zero-order valence-corrected chi connectivity index (χ0v) is 15.9. The zero-order valence-electron chi connectivity index (χ0n) is 15.9. The molecule has 3 aromatic rings. The smallest absolute Gasteiger partial charge is 0.248 e. The third-order valence-corrected chi connectivity index (χ3v) is 4.12. The number of rotatable bonds is 7. The average Bonchev–Trinajstić information content (AvgIpc) is 3.37. The van der Waals surface area contributed by atoms with Crippen molar-refractivity contribution in [2.45, 2.75) is 13.5 Å². The van der Waals surface area contributed by atoms with Crippen LogP contribution in [0.5, 0.6) is 23.0 Å². The van der Waals surface area contributed by atoms with Crippen molar-refractivity contribution in [1.29, 1.82) is 0 Å². The van der Waals surface area contributed by atoms with Gasteiger partial charge in [0.15, 0.2) is 23.0 Å². The fourth-order valence-electron chi connectivity index (χ4n) is 2.81. The van der Waals surface area contributed by atoms with Crippen molar-refractivity contribution in [2.75, 3.05) is 25.8 Å². The summed E-state index contributed by atoms with van der Waals surface area (Å²) in [5, 5.41) is 15.0. The van der Waals surface area contributed by atoms with Crippen molar-refractivity contribution in [1.82, 2.24) is 20.2 Å². The molecule has 1 aliphatic heterocycles. The van der Waals surface area contributed by atoms with Gasteiger partial charge >= 0.3 is 0 Å². The SMILES string of the molecule is CCOc1cc(-c2nnn(CC(=O)Nc3ccc4c(c3)OCO4)n2)ccc1OC. The Kier molecular flexibility index (Phi) is 5.14. The summed E-state index contributed by atoms with van der Waals surface area (Å²) < 4.78 is 21.4. The molecule has 1 N–H and O–H groups in total. The van der Waals surface area contributed by atoms with E-state index in [0.29, 0.717) is 46.7 Å². The highest BCUT2D eigenvalue weighted by molar-refractivity contribution is 5.90. The van der Waals surface area contributed by atoms with E-state index in [9.17, 15) is 4.79 Å². The zero-order chi connectivity index (χ0) is 20.2. The highest BCUT2D eigenvalue weighted by Gasteiger charge is 2.16. The summed E-state index contributed by atoms with van der Waals surface area (Å²) in [6, 6.07) is 10.5. The van der Waals surface area contributed by atoms with Crippen molar-refractivity contribution in [3.63, 3.8) is 0 Å². The second-order valence-electron chi connectivity index (χ2n) is 6.06. The molecule has 0 radical (unpaired) electrons. The van der Waals surface area contributed by atoms with E-state index in [1.54, 1.807) is 43.5 Å². The molecule has 0 fully saturated rings. The molecule has 10 heteroatoms. The van der Waals surface area contributed by atoms with Crippen LogP contribution in [0.25, 0.3) is 11.4 Å². The molecule has 0 aliphatic carbocycles. The van der Waals surface area contributed by atoms with Crippen LogP contribution in [-0.2, 0) is 11.3 Å². The van der Waals surface area contributed by atoms with Crippen molar-refractivity contribution < 1.29 is 23.7 Å². The Morgan fingerprint density at radius 2 is 2.03 bits per heavy atom. The lowest BCUT2D eigenvalue weighted by molar-refractivity contribution is -0.117. The van der Waals surface area contributed by atoms with Crippen LogP contribution in [0.1, 0.15) is 6.92 Å². The van der Waals surface area contributed by atoms with E-state index in [4.69, 9.17) is 18.9 Å². The lowest BCUT2D eigenvalue weighted by atomic mass is 10.2. The van der Waals surface area contributed by atoms with Crippen LogP contribution in [0.15, 0.2) is 36.4 Å². The number of benzene rings is 2. The summed E-state index contributed by atoms with van der Waals surface area (Å²) in [6.45, 7) is 2.48. The van der Waals surface area contributed by atoms with Gasteiger partial charge in [0.25, 0.3) is 0 Å². The number of hydrogen-bond acceptors (Lipinski definition) is 8. The van der Waals surface area contributed by atoms with E-state index in [1.165, 1.54) is 4.80 Å². The number of aromatic nitrogens is 4. The summed E-state index contributed by atoms with van der Waals surface area (Å²) in [6.07, 6.45) is 0. The molecule has 0 saturated heterocycles. The molecule has 1 amide bonds. The number of nitrogens with one attached hydrogen (secondary N) is 1. The first-order valence-electron chi connectivity index (χ1n) is 8.95. The van der Waals surface area contributed by atoms with E-state index >= 15 is 0 Å². The molecule has 0 bridgehead atoms. The highest BCUT2D eigenvalue weighted by Crippen LogP contribution is 2.34. The molecule has 0 atom stereocenters. The van der Waals surface area contributed by atoms with Crippen molar-refractivity contribution in [2.24, 2.45) is 0 Å². The molecule has 10 nitrogen and oxygen atoms in total. The fraction of sp³-hybridized carbons (Fsp3) is 0.263. The number of methoxy groups -OCH3 is 1. The van der Waals surface area contributed by atoms with Crippen molar-refractivity contribution in [3.8, 4) is 34.4 Å². The number of ether oxygens (including phenoxy) is 4. The Bertz CT molecular complexity index is 1040. The predicted molar refractivity (Wildman–Crippen MR) is 102 cm³/mol. The second kappa shape index (κ2) is 8.05. The van der Waals surface area contributed by atoms with E-state index in [0.717, 1.165) is 0 Å². The summed E-state index contributed by atoms with van der Waals surface area (Å²) in [7, 11) is 1.57. The van der Waals surface area contributed by atoms with Gasteiger partial charge in [0, 0.05) is 17.3 Å². The van der Waals surface area contributed by atoms with Crippen molar-refractivity contribution in [3.05, 3.63) is 36.4 Å². The van der Waals surface area contributed by atoms with Gasteiger partial charge in [0.2, 0.25) is 18.5 Å². The van der Waals surface area contributed by atoms with Crippen LogP contribution in [-0.4, -0.2) is 46.6 Å². The summed E-state index contributed by atoms with van der Waals surface area (Å²) in [5.41, 5.74) is 1.30. The molecule has 2 aromatic carbocycles. The number of carbonyl (C=O) groups excluding carboxylic acids is 1. The molecular weight excluding hydrogens is 378 g/mol. The Morgan fingerprint density at radius 3 is 2.86 bits per heavy atom. The minimum atomic E-state index is -0.294. The molecule has 2 heterocycles. The summed E-state index contributed by atoms with van der Waals surface area (Å²) >= 11 is 0. The van der Waals surface area contributed by atoms with Crippen LogP contribution < -0.4 is 24.3 Å². The second-order valence-corrected chi connectivity index (χ2v) is 6.06. The Morgan fingerprint density at radius 1 is 1.17 bits per heavy atom. The third-order valence-electron chi connectivity index (χ3n) is 4.12. The maximum Gasteiger partial charge on any atom is 0.248 e. The fourth-order valence-corrected chi connectivity index (χ4v) is 2.81. The first-order chi connectivity index (χ1) is 14.2. The minimum Gasteiger partial charge on any atom is -0.493 e. The number of nitrogens with zero attached hydrogens (tertiary/aromatic N) is 4. The number of amides is 1. The molecule has 150 valence electrons. The number of carbonyl (C=O) groups is 1. The quantitative estimate of drug-likeness (QED) is 0.646. The average molecular weight is 397 g/mol. The largest absolute Gasteiger partial charge is 0.493 e. The maximum absolute atomic E-state index is 12.3.